The van der Waals surface area contributed by atoms with Gasteiger partial charge >= 0.3 is 0 Å². The van der Waals surface area contributed by atoms with E-state index in [-0.39, 0.29) is 265 Å². The van der Waals surface area contributed by atoms with E-state index in [0.29, 0.717) is 75.8 Å². The summed E-state index contributed by atoms with van der Waals surface area (Å²) in [5.74, 6) is -1.68. The van der Waals surface area contributed by atoms with E-state index in [4.69, 9.17) is 112 Å². The van der Waals surface area contributed by atoms with E-state index >= 15 is 0 Å². The maximum atomic E-state index is 14.1. The van der Waals surface area contributed by atoms with E-state index in [1.807, 2.05) is 57.5 Å². The van der Waals surface area contributed by atoms with Gasteiger partial charge in [-0.05, 0) is 176 Å². The van der Waals surface area contributed by atoms with E-state index in [2.05, 4.69) is 52.3 Å². The minimum absolute atomic E-state index is 0.0380. The number of benzene rings is 6. The number of hydrogen-bond donors (Lipinski definition) is 6. The number of carbonyl (C=O) groups excluding carboxylic acids is 4. The topological polar surface area (TPSA) is 336 Å². The number of sulfone groups is 1. The number of halogens is 6. The van der Waals surface area contributed by atoms with Crippen LogP contribution in [0.5, 0.6) is 0 Å². The Labute approximate surface area is 804 Å². The normalized spacial score (nSPS) is 15.7. The molecule has 726 valence electrons. The zero-order chi connectivity index (χ0) is 94.0. The number of likely N-dealkylation sites (N-methyl/N-ethyl adjacent to an activating group) is 3. The van der Waals surface area contributed by atoms with Crippen LogP contribution in [0.2, 0.25) is 30.1 Å². The molecule has 0 spiro atoms. The van der Waals surface area contributed by atoms with Crippen molar-refractivity contribution in [2.24, 2.45) is 0 Å². The molecule has 6 aromatic carbocycles. The minimum Gasteiger partial charge on any atom is -0.379 e. The predicted molar refractivity (Wildman–Crippen MR) is 512 cm³/mol. The summed E-state index contributed by atoms with van der Waals surface area (Å²) in [6.07, 6.45) is 8.88. The van der Waals surface area contributed by atoms with Gasteiger partial charge in [-0.1, -0.05) is 158 Å². The fraction of sp³-hybridized carbons (Fsp3) is 0.574. The third kappa shape index (κ3) is 37.6. The van der Waals surface area contributed by atoms with E-state index < -0.39 is 35.4 Å². The summed E-state index contributed by atoms with van der Waals surface area (Å²) in [6, 6.07) is 31.7. The van der Waals surface area contributed by atoms with Gasteiger partial charge in [0.05, 0.1) is 133 Å². The van der Waals surface area contributed by atoms with E-state index in [1.54, 1.807) is 72.8 Å². The summed E-state index contributed by atoms with van der Waals surface area (Å²) in [5.41, 5.74) is 7.22. The Hall–Kier alpha value is -5.77. The Morgan fingerprint density at radius 3 is 1.02 bits per heavy atom. The molecule has 9 rings (SSSR count). The molecule has 3 aliphatic heterocycles. The van der Waals surface area contributed by atoms with Gasteiger partial charge in [-0.25, -0.2) is 34.7 Å². The van der Waals surface area contributed by atoms with E-state index in [9.17, 15) is 44.4 Å². The first kappa shape index (κ1) is 109. The first-order valence-corrected chi connectivity index (χ1v) is 52.2. The number of fused-ring (bicyclic) bond motifs is 3. The van der Waals surface area contributed by atoms with Crippen LogP contribution in [-0.4, -0.2) is 267 Å². The maximum absolute atomic E-state index is 14.1. The van der Waals surface area contributed by atoms with Gasteiger partial charge in [-0.3, -0.25) is 19.2 Å². The van der Waals surface area contributed by atoms with Crippen molar-refractivity contribution >= 4 is 123 Å². The number of amides is 4. The Morgan fingerprint density at radius 2 is 0.664 bits per heavy atom. The molecule has 0 unspecified atom stereocenters. The highest BCUT2D eigenvalue weighted by molar-refractivity contribution is 7.91. The number of nitrogens with one attached hydrogen (secondary N) is 6. The van der Waals surface area contributed by atoms with E-state index in [1.165, 1.54) is 12.8 Å². The van der Waals surface area contributed by atoms with Crippen LogP contribution in [0.15, 0.2) is 124 Å². The highest BCUT2D eigenvalue weighted by Gasteiger charge is 2.36. The molecule has 0 saturated carbocycles. The average Bonchev–Trinajstić information content (AvgIpc) is 0.779. The molecule has 3 atom stereocenters. The lowest BCUT2D eigenvalue weighted by Gasteiger charge is -2.35. The summed E-state index contributed by atoms with van der Waals surface area (Å²) in [6.45, 7) is 10.4. The number of nitrogens with zero attached hydrogens (tertiary/aromatic N) is 3. The molecule has 6 N–H and O–H groups in total. The quantitative estimate of drug-likeness (QED) is 0.0193. The van der Waals surface area contributed by atoms with Crippen LogP contribution < -0.4 is 30.7 Å². The number of ether oxygens (including phenoxy) is 9. The largest absolute Gasteiger partial charge is 0.379 e. The van der Waals surface area contributed by atoms with Crippen molar-refractivity contribution in [3.05, 3.63) is 189 Å². The lowest BCUT2D eigenvalue weighted by Crippen LogP contribution is -2.50. The van der Waals surface area contributed by atoms with Crippen LogP contribution >= 0.6 is 69.6 Å². The van der Waals surface area contributed by atoms with Crippen molar-refractivity contribution in [1.29, 1.82) is 0 Å². The minimum atomic E-state index is -3.87. The van der Waals surface area contributed by atoms with Crippen LogP contribution in [0.4, 0.5) is 0 Å². The van der Waals surface area contributed by atoms with Crippen molar-refractivity contribution in [1.82, 2.24) is 45.4 Å². The van der Waals surface area contributed by atoms with Gasteiger partial charge in [0.1, 0.15) is 0 Å². The van der Waals surface area contributed by atoms with Crippen molar-refractivity contribution < 1.29 is 87.1 Å². The van der Waals surface area contributed by atoms with Crippen LogP contribution in [-0.2, 0) is 111 Å². The molecule has 37 heteroatoms. The lowest BCUT2D eigenvalue weighted by molar-refractivity contribution is -0.127. The smallest absolute Gasteiger partial charge is 0.240 e. The predicted octanol–water partition coefficient (Wildman–Crippen LogP) is 13.7. The van der Waals surface area contributed by atoms with Gasteiger partial charge in [0.2, 0.25) is 43.7 Å². The van der Waals surface area contributed by atoms with Gasteiger partial charge in [0, 0.05) is 158 Å². The van der Waals surface area contributed by atoms with Crippen molar-refractivity contribution in [2.45, 2.75) is 167 Å². The van der Waals surface area contributed by atoms with Gasteiger partial charge in [0.15, 0.2) is 9.84 Å². The second-order valence-corrected chi connectivity index (χ2v) is 41.6. The first-order chi connectivity index (χ1) is 63.0. The van der Waals surface area contributed by atoms with Crippen molar-refractivity contribution in [3.8, 4) is 0 Å². The molecule has 0 bridgehead atoms. The molecule has 4 amide bonds. The standard InChI is InChI=1S/C94H131Cl6N9O19S3/c1-5-6-7-8-9-10-11-12-23-93(113)106-94(27-24-90(110)101-30-36-121-42-48-126-47-41-120-35-16-53-129(114,115)75-20-13-17-69(54-75)81-63-107(2)66-84-78(81)57-72(95)60-87(84)98,28-25-91(111)102-31-37-122-43-49-127-51-45-124-39-33-104-130(116,117)76-21-14-18-70(55-76)82-64-108(3)67-85-79(82)58-73(96)61-88(85)99)29-26-92(112)103-32-38-123-44-50-128-52-46-125-40-34-105-131(118,119)77-22-15-19-71(56-77)83-65-109(4)68-86-80(83)59-74(97)62-89(86)100/h13-15,17-22,54-62,81-83,104-105H,5-12,16,23-53,63-68H2,1-4H3,(H,101,110)(H,102,111)(H,103,112)(H,106,113)/t81-,82-,83-/m0/s1. The zero-order valence-corrected chi connectivity index (χ0v) is 82.7. The van der Waals surface area contributed by atoms with Gasteiger partial charge < -0.3 is 78.6 Å². The molecule has 3 heterocycles. The molecule has 0 saturated heterocycles. The molecule has 0 fully saturated rings. The van der Waals surface area contributed by atoms with Gasteiger partial charge in [-0.2, -0.15) is 0 Å². The summed E-state index contributed by atoms with van der Waals surface area (Å²) in [4.78, 5) is 62.1. The molecule has 6 aromatic rings. The lowest BCUT2D eigenvalue weighted by atomic mass is 9.82. The van der Waals surface area contributed by atoms with Crippen molar-refractivity contribution in [2.75, 3.05) is 198 Å². The Morgan fingerprint density at radius 1 is 0.359 bits per heavy atom. The number of carbonyl (C=O) groups is 4. The van der Waals surface area contributed by atoms with Crippen LogP contribution in [0.1, 0.15) is 177 Å². The van der Waals surface area contributed by atoms with Gasteiger partial charge in [0.25, 0.3) is 0 Å². The fourth-order valence-corrected chi connectivity index (χ4v) is 21.5. The molecule has 0 aromatic heterocycles. The van der Waals surface area contributed by atoms with Crippen LogP contribution in [0.25, 0.3) is 0 Å². The highest BCUT2D eigenvalue weighted by atomic mass is 35.5. The Bertz CT molecular complexity index is 4510. The Balaban J connectivity index is 0.683. The first-order valence-electron chi connectivity index (χ1n) is 45.3. The Kier molecular flexibility index (Phi) is 47.7. The third-order valence-corrected chi connectivity index (χ3v) is 29.5. The maximum Gasteiger partial charge on any atom is 0.240 e. The number of unbranched alkanes of at least 4 members (excludes halogenated alkanes) is 7. The number of sulfonamides is 2. The second kappa shape index (κ2) is 57.4. The number of hydrogen-bond acceptors (Lipinski definition) is 22. The van der Waals surface area contributed by atoms with Crippen molar-refractivity contribution in [3.63, 3.8) is 0 Å². The summed E-state index contributed by atoms with van der Waals surface area (Å²) in [5, 5.41) is 15.2. The zero-order valence-electron chi connectivity index (χ0n) is 75.7. The average molecular weight is 2000 g/mol. The van der Waals surface area contributed by atoms with Crippen LogP contribution in [0, 0.1) is 0 Å². The monoisotopic (exact) mass is 2000 g/mol. The van der Waals surface area contributed by atoms with E-state index in [0.717, 1.165) is 82.2 Å². The summed E-state index contributed by atoms with van der Waals surface area (Å²) >= 11 is 39.0. The molecule has 131 heavy (non-hydrogen) atoms. The highest BCUT2D eigenvalue weighted by Crippen LogP contribution is 2.43. The molecule has 0 aliphatic carbocycles. The molecular formula is C94H131Cl6N9O19S3. The van der Waals surface area contributed by atoms with Crippen LogP contribution in [0.3, 0.4) is 0 Å². The fourth-order valence-electron chi connectivity index (χ4n) is 16.3. The third-order valence-electron chi connectivity index (χ3n) is 23.1. The molecular weight excluding hydrogens is 1870 g/mol. The summed E-state index contributed by atoms with van der Waals surface area (Å²) < 4.78 is 137. The molecule has 0 radical (unpaired) electrons. The summed E-state index contributed by atoms with van der Waals surface area (Å²) in [7, 11) is -5.36. The van der Waals surface area contributed by atoms with Gasteiger partial charge in [-0.15, -0.1) is 0 Å². The SMILES string of the molecule is CCCCCCCCCCC(=O)NC(CCC(=O)NCCOCCOCCOCCCS(=O)(=O)c1cccc([C@@H]2CN(C)Cc3c(Cl)cc(Cl)cc32)c1)(CCC(=O)NCCOCCOCCOCCNS(=O)(=O)c1cccc([C@@H]2CN(C)Cc3c(Cl)cc(Cl)cc32)c1)CCC(=O)NCCOCCOCCOCCNS(=O)(=O)c1cccc([C@@H]2CN(C)Cc3c(Cl)cc(Cl)cc32)c1. The molecule has 28 nitrogen and oxygen atoms in total. The molecule has 3 aliphatic rings. The second-order valence-electron chi connectivity index (χ2n) is 33.4. The number of rotatable bonds is 64.